The number of carbonyl (C=O) groups excluding carboxylic acids is 1. The number of rotatable bonds is 6. The quantitative estimate of drug-likeness (QED) is 0.595. The van der Waals surface area contributed by atoms with Crippen molar-refractivity contribution >= 4 is 5.91 Å². The fraction of sp³-hybridized carbons (Fsp3) is 0.393. The number of benzene rings is 2. The molecule has 2 saturated heterocycles. The van der Waals surface area contributed by atoms with Gasteiger partial charge in [0.05, 0.1) is 6.04 Å². The molecule has 33 heavy (non-hydrogen) atoms. The lowest BCUT2D eigenvalue weighted by molar-refractivity contribution is 0.0672. The standard InChI is InChI=1S/C28H33N3O2/c1-20(29)26-12-13-27(33-26)28(32)31-18-24(22-10-6-3-7-11-22)16-25(31)19-30-15-14-23(17-30)21-8-4-2-5-9-21/h2-13,20,23-25H,14-19,29H2,1H3. The number of amides is 1. The van der Waals surface area contributed by atoms with Crippen LogP contribution < -0.4 is 5.73 Å². The Morgan fingerprint density at radius 1 is 0.970 bits per heavy atom. The molecule has 1 aromatic heterocycles. The van der Waals surface area contributed by atoms with Gasteiger partial charge in [-0.25, -0.2) is 0 Å². The van der Waals surface area contributed by atoms with Crippen molar-refractivity contribution in [1.82, 2.24) is 9.80 Å². The molecule has 2 aliphatic rings. The van der Waals surface area contributed by atoms with Gasteiger partial charge in [0.2, 0.25) is 0 Å². The highest BCUT2D eigenvalue weighted by Gasteiger charge is 2.39. The van der Waals surface area contributed by atoms with Crippen LogP contribution in [0.4, 0.5) is 0 Å². The summed E-state index contributed by atoms with van der Waals surface area (Å²) in [6, 6.07) is 24.9. The number of carbonyl (C=O) groups is 1. The third kappa shape index (κ3) is 4.75. The minimum atomic E-state index is -0.225. The van der Waals surface area contributed by atoms with E-state index in [0.29, 0.717) is 23.4 Å². The Kier molecular flexibility index (Phi) is 6.34. The molecule has 1 amide bonds. The Morgan fingerprint density at radius 3 is 2.27 bits per heavy atom. The fourth-order valence-corrected chi connectivity index (χ4v) is 5.45. The van der Waals surface area contributed by atoms with Crippen LogP contribution in [0.25, 0.3) is 0 Å². The fourth-order valence-electron chi connectivity index (χ4n) is 5.45. The normalized spacial score (nSPS) is 24.3. The lowest BCUT2D eigenvalue weighted by atomic mass is 9.96. The highest BCUT2D eigenvalue weighted by molar-refractivity contribution is 5.92. The van der Waals surface area contributed by atoms with E-state index in [0.717, 1.165) is 32.6 Å². The topological polar surface area (TPSA) is 62.7 Å². The van der Waals surface area contributed by atoms with Crippen LogP contribution in [-0.4, -0.2) is 47.9 Å². The van der Waals surface area contributed by atoms with Gasteiger partial charge in [0.1, 0.15) is 5.76 Å². The van der Waals surface area contributed by atoms with Gasteiger partial charge >= 0.3 is 0 Å². The number of nitrogens with zero attached hydrogens (tertiary/aromatic N) is 2. The van der Waals surface area contributed by atoms with E-state index in [1.165, 1.54) is 17.5 Å². The predicted octanol–water partition coefficient (Wildman–Crippen LogP) is 4.79. The second-order valence-electron chi connectivity index (χ2n) is 9.60. The van der Waals surface area contributed by atoms with E-state index in [1.807, 2.05) is 24.0 Å². The first kappa shape index (κ1) is 21.9. The smallest absolute Gasteiger partial charge is 0.289 e. The minimum absolute atomic E-state index is 0.0239. The van der Waals surface area contributed by atoms with Crippen molar-refractivity contribution in [3.05, 3.63) is 95.4 Å². The van der Waals surface area contributed by atoms with Gasteiger partial charge in [0.15, 0.2) is 5.76 Å². The van der Waals surface area contributed by atoms with Crippen molar-refractivity contribution in [2.75, 3.05) is 26.2 Å². The molecule has 0 aliphatic carbocycles. The largest absolute Gasteiger partial charge is 0.454 e. The Morgan fingerprint density at radius 2 is 1.64 bits per heavy atom. The first-order valence-corrected chi connectivity index (χ1v) is 12.1. The molecule has 2 aromatic carbocycles. The van der Waals surface area contributed by atoms with E-state index < -0.39 is 0 Å². The van der Waals surface area contributed by atoms with Crippen LogP contribution in [0.5, 0.6) is 0 Å². The molecule has 172 valence electrons. The first-order valence-electron chi connectivity index (χ1n) is 12.1. The summed E-state index contributed by atoms with van der Waals surface area (Å²) < 4.78 is 5.82. The van der Waals surface area contributed by atoms with Gasteiger partial charge in [0.25, 0.3) is 5.91 Å². The summed E-state index contributed by atoms with van der Waals surface area (Å²) in [6.45, 7) is 5.61. The van der Waals surface area contributed by atoms with Gasteiger partial charge < -0.3 is 20.0 Å². The lowest BCUT2D eigenvalue weighted by Crippen LogP contribution is -2.42. The Balaban J connectivity index is 1.33. The summed E-state index contributed by atoms with van der Waals surface area (Å²) in [4.78, 5) is 18.1. The molecule has 5 heteroatoms. The van der Waals surface area contributed by atoms with Crippen LogP contribution in [0.15, 0.2) is 77.2 Å². The van der Waals surface area contributed by atoms with Crippen LogP contribution in [0, 0.1) is 0 Å². The van der Waals surface area contributed by atoms with E-state index in [9.17, 15) is 4.79 Å². The first-order chi connectivity index (χ1) is 16.1. The summed E-state index contributed by atoms with van der Waals surface area (Å²) in [5.41, 5.74) is 8.67. The van der Waals surface area contributed by atoms with Crippen molar-refractivity contribution in [2.24, 2.45) is 5.73 Å². The zero-order valence-electron chi connectivity index (χ0n) is 19.3. The van der Waals surface area contributed by atoms with Gasteiger partial charge in [-0.15, -0.1) is 0 Å². The van der Waals surface area contributed by atoms with Crippen molar-refractivity contribution in [2.45, 2.75) is 43.7 Å². The van der Waals surface area contributed by atoms with Crippen LogP contribution in [0.1, 0.15) is 65.1 Å². The third-order valence-electron chi connectivity index (χ3n) is 7.24. The van der Waals surface area contributed by atoms with Gasteiger partial charge in [-0.05, 0) is 55.5 Å². The lowest BCUT2D eigenvalue weighted by Gasteiger charge is -2.28. The number of likely N-dealkylation sites (tertiary alicyclic amines) is 2. The summed E-state index contributed by atoms with van der Waals surface area (Å²) in [6.07, 6.45) is 2.14. The van der Waals surface area contributed by atoms with Gasteiger partial charge in [-0.3, -0.25) is 4.79 Å². The monoisotopic (exact) mass is 443 g/mol. The Hall–Kier alpha value is -2.89. The molecule has 3 aromatic rings. The van der Waals surface area contributed by atoms with E-state index in [4.69, 9.17) is 10.2 Å². The Labute approximate surface area is 196 Å². The molecule has 5 rings (SSSR count). The van der Waals surface area contributed by atoms with Gasteiger partial charge in [-0.2, -0.15) is 0 Å². The SMILES string of the molecule is CC(N)c1ccc(C(=O)N2CC(c3ccccc3)CC2CN2CCC(c3ccccc3)C2)o1. The zero-order chi connectivity index (χ0) is 22.8. The molecular weight excluding hydrogens is 410 g/mol. The molecule has 4 atom stereocenters. The maximum absolute atomic E-state index is 13.5. The number of furan rings is 1. The molecule has 0 bridgehead atoms. The molecule has 2 fully saturated rings. The maximum atomic E-state index is 13.5. The molecule has 0 spiro atoms. The summed E-state index contributed by atoms with van der Waals surface area (Å²) in [5.74, 6) is 1.93. The molecule has 2 aliphatic heterocycles. The maximum Gasteiger partial charge on any atom is 0.289 e. The molecular formula is C28H33N3O2. The zero-order valence-corrected chi connectivity index (χ0v) is 19.3. The highest BCUT2D eigenvalue weighted by Crippen LogP contribution is 2.35. The summed E-state index contributed by atoms with van der Waals surface area (Å²) in [7, 11) is 0. The highest BCUT2D eigenvalue weighted by atomic mass is 16.4. The Bertz CT molecular complexity index is 1060. The number of hydrogen-bond acceptors (Lipinski definition) is 4. The van der Waals surface area contributed by atoms with Crippen molar-refractivity contribution in [3.8, 4) is 0 Å². The van der Waals surface area contributed by atoms with Crippen LogP contribution in [-0.2, 0) is 0 Å². The van der Waals surface area contributed by atoms with E-state index in [2.05, 4.69) is 59.5 Å². The summed E-state index contributed by atoms with van der Waals surface area (Å²) >= 11 is 0. The third-order valence-corrected chi connectivity index (χ3v) is 7.24. The molecule has 2 N–H and O–H groups in total. The van der Waals surface area contributed by atoms with E-state index >= 15 is 0 Å². The van der Waals surface area contributed by atoms with Crippen LogP contribution in [0.3, 0.4) is 0 Å². The van der Waals surface area contributed by atoms with Crippen LogP contribution in [0.2, 0.25) is 0 Å². The average molecular weight is 444 g/mol. The molecule has 0 radical (unpaired) electrons. The van der Waals surface area contributed by atoms with E-state index in [1.54, 1.807) is 6.07 Å². The average Bonchev–Trinajstić information content (AvgIpc) is 3.60. The van der Waals surface area contributed by atoms with Crippen molar-refractivity contribution in [3.63, 3.8) is 0 Å². The van der Waals surface area contributed by atoms with Gasteiger partial charge in [0, 0.05) is 31.6 Å². The summed E-state index contributed by atoms with van der Waals surface area (Å²) in [5, 5.41) is 0. The van der Waals surface area contributed by atoms with Gasteiger partial charge in [-0.1, -0.05) is 60.7 Å². The van der Waals surface area contributed by atoms with E-state index in [-0.39, 0.29) is 18.0 Å². The minimum Gasteiger partial charge on any atom is -0.454 e. The van der Waals surface area contributed by atoms with Crippen molar-refractivity contribution in [1.29, 1.82) is 0 Å². The molecule has 3 heterocycles. The number of hydrogen-bond donors (Lipinski definition) is 1. The molecule has 5 nitrogen and oxygen atoms in total. The van der Waals surface area contributed by atoms with Crippen LogP contribution >= 0.6 is 0 Å². The second-order valence-corrected chi connectivity index (χ2v) is 9.60. The molecule has 0 saturated carbocycles. The number of nitrogens with two attached hydrogens (primary N) is 1. The molecule has 4 unspecified atom stereocenters. The second kappa shape index (κ2) is 9.54. The predicted molar refractivity (Wildman–Crippen MR) is 130 cm³/mol. The van der Waals surface area contributed by atoms with Crippen molar-refractivity contribution < 1.29 is 9.21 Å².